The molecule has 2 nitrogen and oxygen atoms in total. The largest absolute Gasteiger partial charge is 0.316 e. The molecule has 2 rings (SSSR count). The minimum absolute atomic E-state index is 0.545. The van der Waals surface area contributed by atoms with Gasteiger partial charge in [-0.3, -0.25) is 4.90 Å². The van der Waals surface area contributed by atoms with Crippen LogP contribution in [0.4, 0.5) is 0 Å². The highest BCUT2D eigenvalue weighted by Crippen LogP contribution is 2.30. The fraction of sp³-hybridized carbons (Fsp3) is 1.00. The lowest BCUT2D eigenvalue weighted by molar-refractivity contribution is 0.0905. The standard InChI is InChI=1S/C14H28N2/c1-3-6-13-7-4-5-10-16(13)12-14(2)8-9-15-11-14/h13,15H,3-12H2,1-2H3. The van der Waals surface area contributed by atoms with E-state index in [-0.39, 0.29) is 0 Å². The molecule has 2 fully saturated rings. The third kappa shape index (κ3) is 2.98. The molecule has 2 atom stereocenters. The maximum atomic E-state index is 3.52. The molecule has 2 heterocycles. The van der Waals surface area contributed by atoms with Gasteiger partial charge in [0.1, 0.15) is 0 Å². The van der Waals surface area contributed by atoms with Crippen LogP contribution in [0.15, 0.2) is 0 Å². The van der Waals surface area contributed by atoms with Crippen LogP contribution in [-0.2, 0) is 0 Å². The number of rotatable bonds is 4. The van der Waals surface area contributed by atoms with E-state index in [0.29, 0.717) is 5.41 Å². The maximum Gasteiger partial charge on any atom is 0.00954 e. The lowest BCUT2D eigenvalue weighted by atomic mass is 9.87. The molecular weight excluding hydrogens is 196 g/mol. The van der Waals surface area contributed by atoms with Crippen LogP contribution >= 0.6 is 0 Å². The van der Waals surface area contributed by atoms with Crippen molar-refractivity contribution in [3.05, 3.63) is 0 Å². The molecule has 2 aliphatic rings. The molecule has 0 amide bonds. The number of likely N-dealkylation sites (tertiary alicyclic amines) is 1. The van der Waals surface area contributed by atoms with Gasteiger partial charge in [0.2, 0.25) is 0 Å². The number of hydrogen-bond acceptors (Lipinski definition) is 2. The summed E-state index contributed by atoms with van der Waals surface area (Å²) in [5.74, 6) is 0. The molecule has 0 aromatic carbocycles. The van der Waals surface area contributed by atoms with Crippen molar-refractivity contribution in [3.63, 3.8) is 0 Å². The second-order valence-electron chi connectivity index (χ2n) is 6.15. The van der Waals surface area contributed by atoms with Crippen LogP contribution < -0.4 is 5.32 Å². The monoisotopic (exact) mass is 224 g/mol. The van der Waals surface area contributed by atoms with Gasteiger partial charge in [0.15, 0.2) is 0 Å². The van der Waals surface area contributed by atoms with Crippen LogP contribution in [0.5, 0.6) is 0 Å². The van der Waals surface area contributed by atoms with Crippen LogP contribution in [-0.4, -0.2) is 37.1 Å². The molecule has 2 aliphatic heterocycles. The fourth-order valence-corrected chi connectivity index (χ4v) is 3.42. The van der Waals surface area contributed by atoms with E-state index < -0.39 is 0 Å². The van der Waals surface area contributed by atoms with Crippen LogP contribution in [0.3, 0.4) is 0 Å². The minimum atomic E-state index is 0.545. The molecule has 0 aromatic heterocycles. The highest BCUT2D eigenvalue weighted by atomic mass is 15.2. The van der Waals surface area contributed by atoms with Gasteiger partial charge in [-0.2, -0.15) is 0 Å². The van der Waals surface area contributed by atoms with E-state index in [4.69, 9.17) is 0 Å². The molecule has 0 radical (unpaired) electrons. The molecule has 0 aliphatic carbocycles. The maximum absolute atomic E-state index is 3.52. The molecule has 2 unspecified atom stereocenters. The summed E-state index contributed by atoms with van der Waals surface area (Å²) in [7, 11) is 0. The van der Waals surface area contributed by atoms with E-state index in [1.807, 2.05) is 0 Å². The Morgan fingerprint density at radius 2 is 2.25 bits per heavy atom. The quantitative estimate of drug-likeness (QED) is 0.790. The Hall–Kier alpha value is -0.0800. The average molecular weight is 224 g/mol. The van der Waals surface area contributed by atoms with E-state index >= 15 is 0 Å². The molecule has 94 valence electrons. The first-order chi connectivity index (χ1) is 7.73. The predicted octanol–water partition coefficient (Wildman–Crippen LogP) is 2.64. The van der Waals surface area contributed by atoms with Crippen molar-refractivity contribution in [2.24, 2.45) is 5.41 Å². The summed E-state index contributed by atoms with van der Waals surface area (Å²) in [4.78, 5) is 2.79. The molecule has 2 heteroatoms. The van der Waals surface area contributed by atoms with Gasteiger partial charge < -0.3 is 5.32 Å². The van der Waals surface area contributed by atoms with E-state index in [9.17, 15) is 0 Å². The number of nitrogens with one attached hydrogen (secondary N) is 1. The molecule has 0 spiro atoms. The van der Waals surface area contributed by atoms with Gasteiger partial charge in [0.05, 0.1) is 0 Å². The highest BCUT2D eigenvalue weighted by Gasteiger charge is 2.33. The third-order valence-corrected chi connectivity index (χ3v) is 4.41. The van der Waals surface area contributed by atoms with Gasteiger partial charge in [0, 0.05) is 19.1 Å². The van der Waals surface area contributed by atoms with Gasteiger partial charge in [-0.15, -0.1) is 0 Å². The number of hydrogen-bond donors (Lipinski definition) is 1. The van der Waals surface area contributed by atoms with Crippen molar-refractivity contribution in [2.45, 2.75) is 58.4 Å². The Kier molecular flexibility index (Phi) is 4.26. The number of nitrogens with zero attached hydrogens (tertiary/aromatic N) is 1. The summed E-state index contributed by atoms with van der Waals surface area (Å²) in [6, 6.07) is 0.885. The molecule has 16 heavy (non-hydrogen) atoms. The zero-order valence-corrected chi connectivity index (χ0v) is 11.1. The van der Waals surface area contributed by atoms with Gasteiger partial charge in [-0.25, -0.2) is 0 Å². The second-order valence-corrected chi connectivity index (χ2v) is 6.15. The van der Waals surface area contributed by atoms with Gasteiger partial charge >= 0.3 is 0 Å². The normalized spacial score (nSPS) is 36.8. The Bertz CT molecular complexity index is 207. The molecule has 1 N–H and O–H groups in total. The summed E-state index contributed by atoms with van der Waals surface area (Å²) in [5.41, 5.74) is 0.545. The smallest absolute Gasteiger partial charge is 0.00954 e. The lowest BCUT2D eigenvalue weighted by Crippen LogP contribution is -2.45. The Labute approximate surface area is 101 Å². The summed E-state index contributed by atoms with van der Waals surface area (Å²) < 4.78 is 0. The van der Waals surface area contributed by atoms with Crippen molar-refractivity contribution < 1.29 is 0 Å². The van der Waals surface area contributed by atoms with Crippen molar-refractivity contribution >= 4 is 0 Å². The minimum Gasteiger partial charge on any atom is -0.316 e. The van der Waals surface area contributed by atoms with Gasteiger partial charge in [-0.05, 0) is 44.2 Å². The topological polar surface area (TPSA) is 15.3 Å². The molecule has 0 saturated carbocycles. The summed E-state index contributed by atoms with van der Waals surface area (Å²) in [5, 5.41) is 3.52. The van der Waals surface area contributed by atoms with Crippen LogP contribution in [0.2, 0.25) is 0 Å². The first-order valence-electron chi connectivity index (χ1n) is 7.18. The van der Waals surface area contributed by atoms with E-state index in [1.54, 1.807) is 0 Å². The summed E-state index contributed by atoms with van der Waals surface area (Å²) in [6.45, 7) is 9.91. The van der Waals surface area contributed by atoms with Crippen molar-refractivity contribution in [1.82, 2.24) is 10.2 Å². The SMILES string of the molecule is CCCC1CCCCN1CC1(C)CCNC1. The van der Waals surface area contributed by atoms with Crippen molar-refractivity contribution in [2.75, 3.05) is 26.2 Å². The number of piperidine rings is 1. The predicted molar refractivity (Wildman–Crippen MR) is 69.7 cm³/mol. The van der Waals surface area contributed by atoms with Crippen LogP contribution in [0.1, 0.15) is 52.4 Å². The Balaban J connectivity index is 1.89. The van der Waals surface area contributed by atoms with Crippen LogP contribution in [0.25, 0.3) is 0 Å². The first-order valence-corrected chi connectivity index (χ1v) is 7.18. The average Bonchev–Trinajstić information content (AvgIpc) is 2.68. The fourth-order valence-electron chi connectivity index (χ4n) is 3.42. The molecule has 0 bridgehead atoms. The Morgan fingerprint density at radius 3 is 2.94 bits per heavy atom. The first kappa shape index (κ1) is 12.4. The molecular formula is C14H28N2. The summed E-state index contributed by atoms with van der Waals surface area (Å²) in [6.07, 6.45) is 8.43. The van der Waals surface area contributed by atoms with Crippen molar-refractivity contribution in [3.8, 4) is 0 Å². The summed E-state index contributed by atoms with van der Waals surface area (Å²) >= 11 is 0. The van der Waals surface area contributed by atoms with E-state index in [2.05, 4.69) is 24.1 Å². The Morgan fingerprint density at radius 1 is 1.38 bits per heavy atom. The third-order valence-electron chi connectivity index (χ3n) is 4.41. The highest BCUT2D eigenvalue weighted by molar-refractivity contribution is 4.89. The van der Waals surface area contributed by atoms with Gasteiger partial charge in [-0.1, -0.05) is 26.7 Å². The second kappa shape index (κ2) is 5.50. The van der Waals surface area contributed by atoms with E-state index in [1.165, 1.54) is 64.7 Å². The zero-order chi connectivity index (χ0) is 11.4. The molecule has 0 aromatic rings. The van der Waals surface area contributed by atoms with E-state index in [0.717, 1.165) is 6.04 Å². The van der Waals surface area contributed by atoms with Crippen molar-refractivity contribution in [1.29, 1.82) is 0 Å². The zero-order valence-electron chi connectivity index (χ0n) is 11.1. The van der Waals surface area contributed by atoms with Crippen LogP contribution in [0, 0.1) is 5.41 Å². The lowest BCUT2D eigenvalue weighted by Gasteiger charge is -2.40. The van der Waals surface area contributed by atoms with Gasteiger partial charge in [0.25, 0.3) is 0 Å². The molecule has 2 saturated heterocycles.